The van der Waals surface area contributed by atoms with Crippen LogP contribution in [0.3, 0.4) is 0 Å². The first-order valence-corrected chi connectivity index (χ1v) is 9.72. The maximum atomic E-state index is 14.7. The number of hydrogen-bond donors (Lipinski definition) is 0. The Morgan fingerprint density at radius 3 is 2.34 bits per heavy atom. The fraction of sp³-hybridized carbons (Fsp3) is 0. The Balaban J connectivity index is 1.82. The number of rotatable bonds is 4. The van der Waals surface area contributed by atoms with Crippen LogP contribution in [0.4, 0.5) is 8.78 Å². The number of aromatic nitrogens is 2. The number of benzene rings is 3. The van der Waals surface area contributed by atoms with Gasteiger partial charge in [-0.3, -0.25) is 0 Å². The van der Waals surface area contributed by atoms with E-state index < -0.39 is 5.82 Å². The molecule has 4 aromatic rings. The van der Waals surface area contributed by atoms with Gasteiger partial charge in [0.2, 0.25) is 0 Å². The Morgan fingerprint density at radius 1 is 0.966 bits per heavy atom. The molecule has 3 nitrogen and oxygen atoms in total. The van der Waals surface area contributed by atoms with Gasteiger partial charge in [0.1, 0.15) is 17.3 Å². The Morgan fingerprint density at radius 2 is 1.69 bits per heavy atom. The molecule has 0 aliphatic rings. The van der Waals surface area contributed by atoms with E-state index in [9.17, 15) is 8.78 Å². The van der Waals surface area contributed by atoms with Crippen molar-refractivity contribution in [2.24, 2.45) is 0 Å². The Hall–Kier alpha value is -3.14. The van der Waals surface area contributed by atoms with E-state index in [4.69, 9.17) is 16.9 Å². The Kier molecular flexibility index (Phi) is 5.34. The molecule has 0 aliphatic heterocycles. The topological polar surface area (TPSA) is 41.6 Å². The van der Waals surface area contributed by atoms with Crippen molar-refractivity contribution in [1.29, 1.82) is 5.26 Å². The van der Waals surface area contributed by atoms with E-state index in [0.29, 0.717) is 21.3 Å². The first-order valence-electron chi connectivity index (χ1n) is 8.52. The van der Waals surface area contributed by atoms with Crippen LogP contribution in [-0.4, -0.2) is 9.78 Å². The van der Waals surface area contributed by atoms with Crippen molar-refractivity contribution >= 4 is 23.4 Å². The molecule has 7 heteroatoms. The van der Waals surface area contributed by atoms with Crippen molar-refractivity contribution < 1.29 is 8.78 Å². The predicted molar refractivity (Wildman–Crippen MR) is 109 cm³/mol. The SMILES string of the molecule is N#Cc1ccc(-c2nn(-c3ccc(F)cc3)cc2Sc2ccc(Cl)cc2)c(F)c1. The Labute approximate surface area is 175 Å². The highest BCUT2D eigenvalue weighted by atomic mass is 35.5. The molecule has 0 unspecified atom stereocenters. The van der Waals surface area contributed by atoms with E-state index in [1.165, 1.54) is 36.0 Å². The zero-order valence-electron chi connectivity index (χ0n) is 14.8. The highest BCUT2D eigenvalue weighted by Crippen LogP contribution is 2.37. The maximum absolute atomic E-state index is 14.7. The third-order valence-electron chi connectivity index (χ3n) is 4.17. The molecular weight excluding hydrogens is 412 g/mol. The van der Waals surface area contributed by atoms with Crippen molar-refractivity contribution in [2.75, 3.05) is 0 Å². The molecule has 0 fully saturated rings. The number of nitrogens with zero attached hydrogens (tertiary/aromatic N) is 3. The van der Waals surface area contributed by atoms with Gasteiger partial charge >= 0.3 is 0 Å². The van der Waals surface area contributed by atoms with Crippen LogP contribution in [0.25, 0.3) is 16.9 Å². The van der Waals surface area contributed by atoms with Crippen LogP contribution >= 0.6 is 23.4 Å². The molecule has 0 radical (unpaired) electrons. The zero-order valence-corrected chi connectivity index (χ0v) is 16.4. The van der Waals surface area contributed by atoms with E-state index in [0.717, 1.165) is 4.90 Å². The highest BCUT2D eigenvalue weighted by molar-refractivity contribution is 7.99. The second kappa shape index (κ2) is 8.08. The molecule has 0 atom stereocenters. The smallest absolute Gasteiger partial charge is 0.134 e. The molecule has 142 valence electrons. The summed E-state index contributed by atoms with van der Waals surface area (Å²) in [6.45, 7) is 0. The van der Waals surface area contributed by atoms with Gasteiger partial charge < -0.3 is 0 Å². The quantitative estimate of drug-likeness (QED) is 0.376. The van der Waals surface area contributed by atoms with Crippen molar-refractivity contribution in [1.82, 2.24) is 9.78 Å². The Bertz CT molecular complexity index is 1210. The summed E-state index contributed by atoms with van der Waals surface area (Å²) in [4.78, 5) is 1.61. The van der Waals surface area contributed by atoms with Crippen LogP contribution in [0.5, 0.6) is 0 Å². The molecular formula is C22H12ClF2N3S. The summed E-state index contributed by atoms with van der Waals surface area (Å²) in [7, 11) is 0. The lowest BCUT2D eigenvalue weighted by atomic mass is 10.1. The average molecular weight is 424 g/mol. The standard InChI is InChI=1S/C22H12ClF2N3S/c23-15-2-8-18(9-3-15)29-21-13-28(17-6-4-16(24)5-7-17)27-22(21)19-10-1-14(12-26)11-20(19)25/h1-11,13H. The fourth-order valence-electron chi connectivity index (χ4n) is 2.75. The largest absolute Gasteiger partial charge is 0.239 e. The normalized spacial score (nSPS) is 10.7. The lowest BCUT2D eigenvalue weighted by Gasteiger charge is -2.04. The van der Waals surface area contributed by atoms with Crippen LogP contribution in [0.2, 0.25) is 5.02 Å². The molecule has 3 aromatic carbocycles. The van der Waals surface area contributed by atoms with Gasteiger partial charge in [0.15, 0.2) is 0 Å². The van der Waals surface area contributed by atoms with E-state index in [-0.39, 0.29) is 16.9 Å². The van der Waals surface area contributed by atoms with Crippen LogP contribution in [0.15, 0.2) is 82.7 Å². The lowest BCUT2D eigenvalue weighted by molar-refractivity contribution is 0.627. The summed E-state index contributed by atoms with van der Waals surface area (Å²) >= 11 is 7.36. The average Bonchev–Trinajstić information content (AvgIpc) is 3.13. The first kappa shape index (κ1) is 19.2. The minimum Gasteiger partial charge on any atom is -0.239 e. The number of nitriles is 1. The number of hydrogen-bond acceptors (Lipinski definition) is 3. The second-order valence-electron chi connectivity index (χ2n) is 6.13. The molecule has 0 amide bonds. The summed E-state index contributed by atoms with van der Waals surface area (Å²) in [5.74, 6) is -0.888. The van der Waals surface area contributed by atoms with Crippen LogP contribution in [0.1, 0.15) is 5.56 Å². The summed E-state index contributed by atoms with van der Waals surface area (Å²) < 4.78 is 29.5. The van der Waals surface area contributed by atoms with Crippen LogP contribution < -0.4 is 0 Å². The molecule has 0 saturated carbocycles. The van der Waals surface area contributed by atoms with Gasteiger partial charge in [-0.1, -0.05) is 23.4 Å². The van der Waals surface area contributed by atoms with Gasteiger partial charge in [0.25, 0.3) is 0 Å². The van der Waals surface area contributed by atoms with Gasteiger partial charge in [0.05, 0.1) is 22.2 Å². The van der Waals surface area contributed by atoms with Crippen molar-refractivity contribution in [3.63, 3.8) is 0 Å². The van der Waals surface area contributed by atoms with E-state index in [2.05, 4.69) is 5.10 Å². The minimum absolute atomic E-state index is 0.233. The second-order valence-corrected chi connectivity index (χ2v) is 7.68. The van der Waals surface area contributed by atoms with Crippen molar-refractivity contribution in [3.8, 4) is 23.0 Å². The molecule has 0 bridgehead atoms. The zero-order chi connectivity index (χ0) is 20.4. The van der Waals surface area contributed by atoms with E-state index in [1.807, 2.05) is 18.2 Å². The molecule has 1 heterocycles. The molecule has 29 heavy (non-hydrogen) atoms. The number of halogens is 3. The fourth-order valence-corrected chi connectivity index (χ4v) is 3.80. The maximum Gasteiger partial charge on any atom is 0.134 e. The summed E-state index contributed by atoms with van der Waals surface area (Å²) in [5.41, 5.74) is 1.58. The summed E-state index contributed by atoms with van der Waals surface area (Å²) in [6.07, 6.45) is 1.76. The molecule has 0 saturated heterocycles. The van der Waals surface area contributed by atoms with E-state index >= 15 is 0 Å². The minimum atomic E-state index is -0.536. The van der Waals surface area contributed by atoms with Crippen LogP contribution in [0, 0.1) is 23.0 Å². The van der Waals surface area contributed by atoms with Crippen molar-refractivity contribution in [2.45, 2.75) is 9.79 Å². The molecule has 4 rings (SSSR count). The van der Waals surface area contributed by atoms with Crippen LogP contribution in [-0.2, 0) is 0 Å². The molecule has 0 N–H and O–H groups in total. The summed E-state index contributed by atoms with van der Waals surface area (Å²) in [6, 6.07) is 19.3. The third-order valence-corrected chi connectivity index (χ3v) is 5.45. The van der Waals surface area contributed by atoms with Crippen molar-refractivity contribution in [3.05, 3.63) is 95.1 Å². The monoisotopic (exact) mass is 423 g/mol. The third kappa shape index (κ3) is 4.16. The van der Waals surface area contributed by atoms with Gasteiger partial charge in [-0.2, -0.15) is 10.4 Å². The molecule has 0 spiro atoms. The lowest BCUT2D eigenvalue weighted by Crippen LogP contribution is -1.95. The predicted octanol–water partition coefficient (Wildman–Crippen LogP) is 6.49. The molecule has 0 aliphatic carbocycles. The first-order chi connectivity index (χ1) is 14.0. The molecule has 1 aromatic heterocycles. The van der Waals surface area contributed by atoms with Gasteiger partial charge in [-0.05, 0) is 66.7 Å². The highest BCUT2D eigenvalue weighted by Gasteiger charge is 2.17. The van der Waals surface area contributed by atoms with E-state index in [1.54, 1.807) is 41.2 Å². The van der Waals surface area contributed by atoms with Gasteiger partial charge in [-0.15, -0.1) is 0 Å². The summed E-state index contributed by atoms with van der Waals surface area (Å²) in [5, 5.41) is 14.1. The van der Waals surface area contributed by atoms with Gasteiger partial charge in [0, 0.05) is 21.7 Å². The van der Waals surface area contributed by atoms with Gasteiger partial charge in [-0.25, -0.2) is 13.5 Å².